The molecule has 1 aromatic carbocycles. The minimum atomic E-state index is -0.187. The van der Waals surface area contributed by atoms with Crippen LogP contribution in [-0.4, -0.2) is 31.7 Å². The molecule has 3 heteroatoms. The average Bonchev–Trinajstić information content (AvgIpc) is 2.29. The summed E-state index contributed by atoms with van der Waals surface area (Å²) >= 11 is 0. The van der Waals surface area contributed by atoms with Gasteiger partial charge in [-0.05, 0) is 38.6 Å². The number of nitrogens with zero attached hydrogens (tertiary/aromatic N) is 1. The Morgan fingerprint density at radius 2 is 1.94 bits per heavy atom. The van der Waals surface area contributed by atoms with Gasteiger partial charge in [-0.2, -0.15) is 0 Å². The molecule has 1 aromatic rings. The van der Waals surface area contributed by atoms with Gasteiger partial charge in [0.25, 0.3) is 0 Å². The van der Waals surface area contributed by atoms with Crippen LogP contribution in [0.25, 0.3) is 0 Å². The maximum Gasteiger partial charge on any atom is 0.123 e. The monoisotopic (exact) mass is 225 g/mol. The topological polar surface area (TPSA) is 12.5 Å². The van der Waals surface area contributed by atoms with Crippen LogP contribution < -0.4 is 0 Å². The first-order chi connectivity index (χ1) is 7.65. The van der Waals surface area contributed by atoms with Crippen molar-refractivity contribution in [2.24, 2.45) is 0 Å². The minimum Gasteiger partial charge on any atom is -0.380 e. The van der Waals surface area contributed by atoms with Crippen molar-refractivity contribution < 1.29 is 9.13 Å². The second-order valence-electron chi connectivity index (χ2n) is 3.91. The molecular formula is C13H20FNO. The van der Waals surface area contributed by atoms with Crippen LogP contribution in [0.5, 0.6) is 0 Å². The number of hydrogen-bond donors (Lipinski definition) is 0. The maximum absolute atomic E-state index is 12.8. The number of likely N-dealkylation sites (N-methyl/N-ethyl adjacent to an activating group) is 1. The molecule has 0 bridgehead atoms. The molecule has 0 fully saturated rings. The van der Waals surface area contributed by atoms with Gasteiger partial charge < -0.3 is 4.74 Å². The number of rotatable bonds is 6. The zero-order chi connectivity index (χ0) is 12.0. The van der Waals surface area contributed by atoms with E-state index in [1.165, 1.54) is 12.1 Å². The van der Waals surface area contributed by atoms with Gasteiger partial charge >= 0.3 is 0 Å². The van der Waals surface area contributed by atoms with E-state index in [1.54, 1.807) is 0 Å². The molecule has 0 spiro atoms. The molecular weight excluding hydrogens is 205 g/mol. The predicted octanol–water partition coefficient (Wildman–Crippen LogP) is 2.86. The van der Waals surface area contributed by atoms with Gasteiger partial charge in [0.15, 0.2) is 0 Å². The molecule has 0 amide bonds. The lowest BCUT2D eigenvalue weighted by atomic mass is 10.1. The van der Waals surface area contributed by atoms with E-state index < -0.39 is 0 Å². The first-order valence-corrected chi connectivity index (χ1v) is 5.68. The normalized spacial score (nSPS) is 13.1. The molecule has 2 nitrogen and oxygen atoms in total. The highest BCUT2D eigenvalue weighted by Crippen LogP contribution is 2.18. The third-order valence-corrected chi connectivity index (χ3v) is 2.81. The van der Waals surface area contributed by atoms with E-state index >= 15 is 0 Å². The SMILES string of the molecule is CCOCCN(C)C(C)c1ccc(F)cc1. The van der Waals surface area contributed by atoms with Gasteiger partial charge in [-0.15, -0.1) is 0 Å². The van der Waals surface area contributed by atoms with Crippen LogP contribution in [-0.2, 0) is 4.74 Å². The summed E-state index contributed by atoms with van der Waals surface area (Å²) in [4.78, 5) is 2.20. The molecule has 0 aromatic heterocycles. The Kier molecular flexibility index (Phi) is 5.43. The zero-order valence-corrected chi connectivity index (χ0v) is 10.2. The second-order valence-corrected chi connectivity index (χ2v) is 3.91. The molecule has 1 atom stereocenters. The number of benzene rings is 1. The van der Waals surface area contributed by atoms with Gasteiger partial charge in [0.1, 0.15) is 5.82 Å². The predicted molar refractivity (Wildman–Crippen MR) is 63.9 cm³/mol. The molecule has 0 saturated carbocycles. The van der Waals surface area contributed by atoms with Crippen LogP contribution in [0, 0.1) is 5.82 Å². The lowest BCUT2D eigenvalue weighted by Gasteiger charge is -2.24. The van der Waals surface area contributed by atoms with E-state index in [2.05, 4.69) is 11.8 Å². The Morgan fingerprint density at radius 1 is 1.31 bits per heavy atom. The molecule has 1 rings (SSSR count). The van der Waals surface area contributed by atoms with Gasteiger partial charge in [0, 0.05) is 19.2 Å². The first kappa shape index (κ1) is 13.1. The first-order valence-electron chi connectivity index (χ1n) is 5.68. The van der Waals surface area contributed by atoms with E-state index in [0.717, 1.165) is 25.3 Å². The molecule has 0 aliphatic carbocycles. The zero-order valence-electron chi connectivity index (χ0n) is 10.2. The summed E-state index contributed by atoms with van der Waals surface area (Å²) in [7, 11) is 2.05. The summed E-state index contributed by atoms with van der Waals surface area (Å²) in [6.45, 7) is 6.46. The number of ether oxygens (including phenoxy) is 1. The maximum atomic E-state index is 12.8. The minimum absolute atomic E-state index is 0.187. The number of halogens is 1. The van der Waals surface area contributed by atoms with Crippen LogP contribution in [0.15, 0.2) is 24.3 Å². The van der Waals surface area contributed by atoms with Crippen molar-refractivity contribution in [3.05, 3.63) is 35.6 Å². The Balaban J connectivity index is 2.49. The molecule has 0 radical (unpaired) electrons. The molecule has 90 valence electrons. The van der Waals surface area contributed by atoms with Gasteiger partial charge in [0.05, 0.1) is 6.61 Å². The van der Waals surface area contributed by atoms with Gasteiger partial charge in [-0.25, -0.2) is 4.39 Å². The van der Waals surface area contributed by atoms with E-state index in [4.69, 9.17) is 4.74 Å². The Labute approximate surface area is 97.0 Å². The highest BCUT2D eigenvalue weighted by Gasteiger charge is 2.10. The molecule has 0 saturated heterocycles. The molecule has 0 heterocycles. The van der Waals surface area contributed by atoms with E-state index in [-0.39, 0.29) is 11.9 Å². The van der Waals surface area contributed by atoms with Crippen molar-refractivity contribution in [1.29, 1.82) is 0 Å². The molecule has 0 aliphatic rings. The summed E-state index contributed by atoms with van der Waals surface area (Å²) in [6.07, 6.45) is 0. The third kappa shape index (κ3) is 3.91. The quantitative estimate of drug-likeness (QED) is 0.690. The summed E-state index contributed by atoms with van der Waals surface area (Å²) < 4.78 is 18.1. The van der Waals surface area contributed by atoms with Crippen molar-refractivity contribution in [1.82, 2.24) is 4.90 Å². The molecule has 0 aliphatic heterocycles. The Hall–Kier alpha value is -0.930. The van der Waals surface area contributed by atoms with Crippen molar-refractivity contribution in [3.8, 4) is 0 Å². The van der Waals surface area contributed by atoms with E-state index in [1.807, 2.05) is 26.1 Å². The molecule has 16 heavy (non-hydrogen) atoms. The van der Waals surface area contributed by atoms with Crippen LogP contribution in [0.3, 0.4) is 0 Å². The van der Waals surface area contributed by atoms with Gasteiger partial charge in [-0.3, -0.25) is 4.90 Å². The number of hydrogen-bond acceptors (Lipinski definition) is 2. The van der Waals surface area contributed by atoms with Crippen molar-refractivity contribution in [2.45, 2.75) is 19.9 Å². The highest BCUT2D eigenvalue weighted by molar-refractivity contribution is 5.19. The van der Waals surface area contributed by atoms with Crippen LogP contribution >= 0.6 is 0 Å². The van der Waals surface area contributed by atoms with Gasteiger partial charge in [-0.1, -0.05) is 12.1 Å². The van der Waals surface area contributed by atoms with Crippen LogP contribution in [0.1, 0.15) is 25.5 Å². The summed E-state index contributed by atoms with van der Waals surface area (Å²) in [5.41, 5.74) is 1.13. The summed E-state index contributed by atoms with van der Waals surface area (Å²) in [5, 5.41) is 0. The second kappa shape index (κ2) is 6.61. The fourth-order valence-corrected chi connectivity index (χ4v) is 1.54. The van der Waals surface area contributed by atoms with Crippen molar-refractivity contribution >= 4 is 0 Å². The van der Waals surface area contributed by atoms with Gasteiger partial charge in [0.2, 0.25) is 0 Å². The average molecular weight is 225 g/mol. The third-order valence-electron chi connectivity index (χ3n) is 2.81. The van der Waals surface area contributed by atoms with Crippen molar-refractivity contribution in [3.63, 3.8) is 0 Å². The van der Waals surface area contributed by atoms with Crippen LogP contribution in [0.2, 0.25) is 0 Å². The largest absolute Gasteiger partial charge is 0.380 e. The van der Waals surface area contributed by atoms with Crippen LogP contribution in [0.4, 0.5) is 4.39 Å². The molecule has 0 N–H and O–H groups in total. The Bertz CT molecular complexity index is 299. The molecule has 1 unspecified atom stereocenters. The van der Waals surface area contributed by atoms with E-state index in [0.29, 0.717) is 0 Å². The lowest BCUT2D eigenvalue weighted by molar-refractivity contribution is 0.110. The smallest absolute Gasteiger partial charge is 0.123 e. The fourth-order valence-electron chi connectivity index (χ4n) is 1.54. The Morgan fingerprint density at radius 3 is 2.50 bits per heavy atom. The fraction of sp³-hybridized carbons (Fsp3) is 0.538. The summed E-state index contributed by atoms with van der Waals surface area (Å²) in [6, 6.07) is 6.94. The summed E-state index contributed by atoms with van der Waals surface area (Å²) in [5.74, 6) is -0.187. The van der Waals surface area contributed by atoms with E-state index in [9.17, 15) is 4.39 Å². The highest BCUT2D eigenvalue weighted by atomic mass is 19.1. The standard InChI is InChI=1S/C13H20FNO/c1-4-16-10-9-15(3)11(2)12-5-7-13(14)8-6-12/h5-8,11H,4,9-10H2,1-3H3. The van der Waals surface area contributed by atoms with Crippen molar-refractivity contribution in [2.75, 3.05) is 26.8 Å². The lowest BCUT2D eigenvalue weighted by Crippen LogP contribution is -2.26.